The van der Waals surface area contributed by atoms with Gasteiger partial charge in [0.2, 0.25) is 0 Å². The van der Waals surface area contributed by atoms with E-state index < -0.39 is 5.60 Å². The van der Waals surface area contributed by atoms with E-state index in [1.165, 1.54) is 25.7 Å². The summed E-state index contributed by atoms with van der Waals surface area (Å²) in [6.45, 7) is 10.3. The van der Waals surface area contributed by atoms with E-state index in [1.54, 1.807) is 17.3 Å². The molecule has 0 saturated heterocycles. The number of carbonyl (C=O) groups is 1. The predicted octanol–water partition coefficient (Wildman–Crippen LogP) is 3.71. The maximum atomic E-state index is 12.6. The highest BCUT2D eigenvalue weighted by molar-refractivity contribution is 5.80. The number of pyridine rings is 1. The average Bonchev–Trinajstić information content (AvgIpc) is 3.16. The third-order valence-electron chi connectivity index (χ3n) is 4.64. The molecular formula is C22H37N5O2. The first-order valence-electron chi connectivity index (χ1n) is 10.8. The molecule has 0 radical (unpaired) electrons. The smallest absolute Gasteiger partial charge is 0.410 e. The highest BCUT2D eigenvalue weighted by Crippen LogP contribution is 2.17. The number of ether oxygens (including phenoxy) is 1. The Morgan fingerprint density at radius 3 is 2.72 bits per heavy atom. The summed E-state index contributed by atoms with van der Waals surface area (Å²) in [5, 5.41) is 6.84. The van der Waals surface area contributed by atoms with Gasteiger partial charge in [-0.2, -0.15) is 0 Å². The fourth-order valence-electron chi connectivity index (χ4n) is 3.31. The molecule has 29 heavy (non-hydrogen) atoms. The Hall–Kier alpha value is -2.31. The second-order valence-electron chi connectivity index (χ2n) is 8.50. The molecule has 1 aliphatic rings. The Labute approximate surface area is 175 Å². The van der Waals surface area contributed by atoms with Crippen molar-refractivity contribution in [2.45, 2.75) is 78.0 Å². The number of aliphatic imine (C=N–C) groups is 1. The third-order valence-corrected chi connectivity index (χ3v) is 4.64. The van der Waals surface area contributed by atoms with Crippen LogP contribution in [0.1, 0.15) is 65.4 Å². The van der Waals surface area contributed by atoms with Gasteiger partial charge in [0, 0.05) is 38.1 Å². The van der Waals surface area contributed by atoms with Crippen LogP contribution in [-0.4, -0.2) is 53.2 Å². The fraction of sp³-hybridized carbons (Fsp3) is 0.682. The molecule has 1 aromatic heterocycles. The number of nitrogens with zero attached hydrogens (tertiary/aromatic N) is 3. The zero-order chi connectivity index (χ0) is 21.1. The van der Waals surface area contributed by atoms with Crippen LogP contribution in [0.3, 0.4) is 0 Å². The van der Waals surface area contributed by atoms with E-state index >= 15 is 0 Å². The summed E-state index contributed by atoms with van der Waals surface area (Å²) >= 11 is 0. The summed E-state index contributed by atoms with van der Waals surface area (Å²) in [4.78, 5) is 23.2. The van der Waals surface area contributed by atoms with Crippen LogP contribution in [0.2, 0.25) is 0 Å². The Morgan fingerprint density at radius 1 is 1.34 bits per heavy atom. The molecule has 1 amide bonds. The minimum atomic E-state index is -0.522. The van der Waals surface area contributed by atoms with Crippen molar-refractivity contribution in [1.29, 1.82) is 0 Å². The van der Waals surface area contributed by atoms with E-state index in [2.05, 4.69) is 22.5 Å². The van der Waals surface area contributed by atoms with Crippen LogP contribution in [0.5, 0.6) is 0 Å². The molecule has 0 aliphatic heterocycles. The fourth-order valence-corrected chi connectivity index (χ4v) is 3.31. The number of aromatic nitrogens is 1. The molecule has 7 heteroatoms. The van der Waals surface area contributed by atoms with Crippen molar-refractivity contribution in [3.05, 3.63) is 30.1 Å². The Morgan fingerprint density at radius 2 is 2.10 bits per heavy atom. The van der Waals surface area contributed by atoms with Crippen molar-refractivity contribution < 1.29 is 9.53 Å². The largest absolute Gasteiger partial charge is 0.444 e. The van der Waals surface area contributed by atoms with Gasteiger partial charge in [-0.25, -0.2) is 4.79 Å². The molecule has 0 unspecified atom stereocenters. The maximum absolute atomic E-state index is 12.6. The molecule has 1 aromatic rings. The molecule has 0 bridgehead atoms. The molecule has 0 spiro atoms. The maximum Gasteiger partial charge on any atom is 0.410 e. The molecule has 1 fully saturated rings. The van der Waals surface area contributed by atoms with Crippen LogP contribution in [0, 0.1) is 0 Å². The van der Waals surface area contributed by atoms with E-state index in [1.807, 2.05) is 32.9 Å². The van der Waals surface area contributed by atoms with Gasteiger partial charge in [-0.15, -0.1) is 0 Å². The molecule has 0 aromatic carbocycles. The highest BCUT2D eigenvalue weighted by atomic mass is 16.6. The van der Waals surface area contributed by atoms with Gasteiger partial charge in [-0.05, 0) is 58.6 Å². The molecule has 2 rings (SSSR count). The quantitative estimate of drug-likeness (QED) is 0.393. The number of hydrogen-bond acceptors (Lipinski definition) is 4. The SMILES string of the molecule is CCNC(=NCCCN(Cc1cccnc1)C(=O)OC(C)(C)C)NC1CCCC1. The van der Waals surface area contributed by atoms with Gasteiger partial charge < -0.3 is 20.3 Å². The normalized spacial score (nSPS) is 15.2. The summed E-state index contributed by atoms with van der Waals surface area (Å²) in [6, 6.07) is 4.37. The molecule has 1 heterocycles. The van der Waals surface area contributed by atoms with Gasteiger partial charge in [0.05, 0.1) is 6.54 Å². The lowest BCUT2D eigenvalue weighted by Gasteiger charge is -2.27. The molecule has 162 valence electrons. The minimum absolute atomic E-state index is 0.304. The van der Waals surface area contributed by atoms with Crippen molar-refractivity contribution in [3.8, 4) is 0 Å². The first-order valence-corrected chi connectivity index (χ1v) is 10.8. The van der Waals surface area contributed by atoms with E-state index in [9.17, 15) is 4.79 Å². The molecule has 7 nitrogen and oxygen atoms in total. The van der Waals surface area contributed by atoms with Gasteiger partial charge in [0.15, 0.2) is 5.96 Å². The van der Waals surface area contributed by atoms with Gasteiger partial charge in [-0.1, -0.05) is 18.9 Å². The first kappa shape index (κ1) is 23.0. The lowest BCUT2D eigenvalue weighted by Crippen LogP contribution is -2.42. The Balaban J connectivity index is 1.91. The van der Waals surface area contributed by atoms with E-state index in [0.717, 1.165) is 24.5 Å². The zero-order valence-electron chi connectivity index (χ0n) is 18.4. The number of rotatable bonds is 8. The first-order chi connectivity index (χ1) is 13.9. The van der Waals surface area contributed by atoms with Crippen LogP contribution < -0.4 is 10.6 Å². The average molecular weight is 404 g/mol. The van der Waals surface area contributed by atoms with E-state index in [-0.39, 0.29) is 6.09 Å². The monoisotopic (exact) mass is 403 g/mol. The van der Waals surface area contributed by atoms with Crippen molar-refractivity contribution in [1.82, 2.24) is 20.5 Å². The van der Waals surface area contributed by atoms with E-state index in [0.29, 0.717) is 25.7 Å². The summed E-state index contributed by atoms with van der Waals surface area (Å²) in [7, 11) is 0. The zero-order valence-corrected chi connectivity index (χ0v) is 18.4. The van der Waals surface area contributed by atoms with Crippen LogP contribution in [0.4, 0.5) is 4.79 Å². The Bertz CT molecular complexity index is 636. The molecule has 1 aliphatic carbocycles. The number of hydrogen-bond donors (Lipinski definition) is 2. The second kappa shape index (κ2) is 11.6. The van der Waals surface area contributed by atoms with Crippen molar-refractivity contribution >= 4 is 12.1 Å². The van der Waals surface area contributed by atoms with Gasteiger partial charge >= 0.3 is 6.09 Å². The van der Waals surface area contributed by atoms with E-state index in [4.69, 9.17) is 9.73 Å². The number of nitrogens with one attached hydrogen (secondary N) is 2. The number of guanidine groups is 1. The minimum Gasteiger partial charge on any atom is -0.444 e. The predicted molar refractivity (Wildman–Crippen MR) is 117 cm³/mol. The van der Waals surface area contributed by atoms with Crippen LogP contribution in [-0.2, 0) is 11.3 Å². The summed E-state index contributed by atoms with van der Waals surface area (Å²) in [5.41, 5.74) is 0.462. The topological polar surface area (TPSA) is 78.9 Å². The molecule has 1 saturated carbocycles. The standard InChI is InChI=1S/C22H37N5O2/c1-5-24-20(26-19-11-6-7-12-19)25-14-9-15-27(21(28)29-22(2,3)4)17-18-10-8-13-23-16-18/h8,10,13,16,19H,5-7,9,11-12,14-15,17H2,1-4H3,(H2,24,25,26). The van der Waals surface area contributed by atoms with Crippen molar-refractivity contribution in [2.24, 2.45) is 4.99 Å². The molecular weight excluding hydrogens is 366 g/mol. The van der Waals surface area contributed by atoms with Gasteiger partial charge in [0.1, 0.15) is 5.60 Å². The van der Waals surface area contributed by atoms with Crippen LogP contribution >= 0.6 is 0 Å². The summed E-state index contributed by atoms with van der Waals surface area (Å²) in [5.74, 6) is 0.871. The van der Waals surface area contributed by atoms with Crippen molar-refractivity contribution in [2.75, 3.05) is 19.6 Å². The van der Waals surface area contributed by atoms with Crippen molar-refractivity contribution in [3.63, 3.8) is 0 Å². The van der Waals surface area contributed by atoms with Gasteiger partial charge in [-0.3, -0.25) is 9.98 Å². The summed E-state index contributed by atoms with van der Waals surface area (Å²) in [6.07, 6.45) is 8.97. The van der Waals surface area contributed by atoms with Crippen LogP contribution in [0.25, 0.3) is 0 Å². The molecule has 0 atom stereocenters. The lowest BCUT2D eigenvalue weighted by atomic mass is 10.2. The van der Waals surface area contributed by atoms with Gasteiger partial charge in [0.25, 0.3) is 0 Å². The van der Waals surface area contributed by atoms with Crippen LogP contribution in [0.15, 0.2) is 29.5 Å². The number of carbonyl (C=O) groups excluding carboxylic acids is 1. The second-order valence-corrected chi connectivity index (χ2v) is 8.50. The summed E-state index contributed by atoms with van der Waals surface area (Å²) < 4.78 is 5.58. The number of amides is 1. The Kier molecular flexibility index (Phi) is 9.22. The highest BCUT2D eigenvalue weighted by Gasteiger charge is 2.22. The molecule has 2 N–H and O–H groups in total. The third kappa shape index (κ3) is 9.15. The lowest BCUT2D eigenvalue weighted by molar-refractivity contribution is 0.0232.